The fraction of sp³-hybridized carbons (Fsp3) is 0. The van der Waals surface area contributed by atoms with Crippen molar-refractivity contribution in [2.45, 2.75) is 4.90 Å². The van der Waals surface area contributed by atoms with Gasteiger partial charge in [0, 0.05) is 11.0 Å². The fourth-order valence-corrected chi connectivity index (χ4v) is 1.33. The van der Waals surface area contributed by atoms with E-state index in [-0.39, 0.29) is 6.15 Å². The third-order valence-electron chi connectivity index (χ3n) is 1.16. The maximum absolute atomic E-state index is 10.1. The quantitative estimate of drug-likeness (QED) is 0.577. The molecule has 0 fully saturated rings. The molecule has 0 aliphatic heterocycles. The van der Waals surface area contributed by atoms with E-state index in [0.717, 1.165) is 11.0 Å². The van der Waals surface area contributed by atoms with Gasteiger partial charge in [0.05, 0.1) is 0 Å². The van der Waals surface area contributed by atoms with Gasteiger partial charge in [-0.05, 0) is 17.5 Å². The molecular weight excluding hydrogens is 186 g/mol. The topological polar surface area (TPSA) is 72.3 Å². The molecule has 0 saturated carbocycles. The van der Waals surface area contributed by atoms with E-state index in [1.54, 1.807) is 5.41 Å². The molecule has 0 amide bonds. The molecular formula is C9H11NO2S. The Kier molecular flexibility index (Phi) is 5.67. The molecule has 4 heteroatoms. The first-order valence-electron chi connectivity index (χ1n) is 3.40. The van der Waals surface area contributed by atoms with Crippen LogP contribution in [0.2, 0.25) is 0 Å². The Balaban J connectivity index is 0.00000144. The Labute approximate surface area is 81.1 Å². The Morgan fingerprint density at radius 3 is 2.46 bits per heavy atom. The lowest BCUT2D eigenvalue weighted by Gasteiger charge is -1.91. The van der Waals surface area contributed by atoms with Crippen LogP contribution in [0.3, 0.4) is 0 Å². The van der Waals surface area contributed by atoms with Gasteiger partial charge in [0.15, 0.2) is 0 Å². The van der Waals surface area contributed by atoms with Gasteiger partial charge >= 0.3 is 5.97 Å². The normalized spacial score (nSPS) is 9.54. The molecule has 0 unspecified atom stereocenters. The van der Waals surface area contributed by atoms with E-state index < -0.39 is 5.97 Å². The standard InChI is InChI=1S/C9H8O2S.H3N/c10-9(11)6-7-12-8-4-2-1-3-5-8;/h1-7H,(H,10,11);1H3/b7-6+;. The zero-order chi connectivity index (χ0) is 8.81. The maximum atomic E-state index is 10.1. The van der Waals surface area contributed by atoms with Gasteiger partial charge in [0.2, 0.25) is 0 Å². The van der Waals surface area contributed by atoms with Crippen LogP contribution >= 0.6 is 11.8 Å². The highest BCUT2D eigenvalue weighted by atomic mass is 32.2. The summed E-state index contributed by atoms with van der Waals surface area (Å²) in [6.45, 7) is 0. The Hall–Kier alpha value is -1.26. The number of rotatable bonds is 3. The minimum atomic E-state index is -0.918. The van der Waals surface area contributed by atoms with Crippen molar-refractivity contribution in [3.63, 3.8) is 0 Å². The number of carbonyl (C=O) groups is 1. The van der Waals surface area contributed by atoms with E-state index in [2.05, 4.69) is 0 Å². The summed E-state index contributed by atoms with van der Waals surface area (Å²) in [4.78, 5) is 11.1. The Morgan fingerprint density at radius 1 is 1.31 bits per heavy atom. The van der Waals surface area contributed by atoms with Gasteiger partial charge in [0.25, 0.3) is 0 Å². The van der Waals surface area contributed by atoms with Crippen molar-refractivity contribution in [3.05, 3.63) is 41.8 Å². The van der Waals surface area contributed by atoms with E-state index in [1.807, 2.05) is 30.3 Å². The number of benzene rings is 1. The van der Waals surface area contributed by atoms with E-state index in [1.165, 1.54) is 11.8 Å². The lowest BCUT2D eigenvalue weighted by atomic mass is 10.4. The molecule has 3 nitrogen and oxygen atoms in total. The molecule has 0 aliphatic carbocycles. The molecule has 1 aromatic rings. The zero-order valence-electron chi connectivity index (χ0n) is 7.01. The third kappa shape index (κ3) is 5.05. The second kappa shape index (κ2) is 6.28. The predicted octanol–water partition coefficient (Wildman–Crippen LogP) is 2.54. The van der Waals surface area contributed by atoms with Crippen molar-refractivity contribution >= 4 is 17.7 Å². The van der Waals surface area contributed by atoms with Crippen molar-refractivity contribution in [1.82, 2.24) is 6.15 Å². The number of hydrogen-bond acceptors (Lipinski definition) is 3. The highest BCUT2D eigenvalue weighted by molar-refractivity contribution is 8.02. The molecule has 0 bridgehead atoms. The van der Waals surface area contributed by atoms with Gasteiger partial charge in [-0.3, -0.25) is 0 Å². The van der Waals surface area contributed by atoms with Crippen LogP contribution in [0.15, 0.2) is 46.7 Å². The molecule has 1 aromatic carbocycles. The van der Waals surface area contributed by atoms with Crippen LogP contribution in [-0.4, -0.2) is 11.1 Å². The minimum Gasteiger partial charge on any atom is -0.478 e. The van der Waals surface area contributed by atoms with Crippen molar-refractivity contribution < 1.29 is 9.90 Å². The molecule has 1 rings (SSSR count). The predicted molar refractivity (Wildman–Crippen MR) is 54.1 cm³/mol. The molecule has 13 heavy (non-hydrogen) atoms. The molecule has 0 heterocycles. The van der Waals surface area contributed by atoms with Gasteiger partial charge in [-0.2, -0.15) is 0 Å². The lowest BCUT2D eigenvalue weighted by molar-refractivity contribution is -0.131. The van der Waals surface area contributed by atoms with Gasteiger partial charge in [-0.25, -0.2) is 4.79 Å². The van der Waals surface area contributed by atoms with E-state index in [9.17, 15) is 4.79 Å². The molecule has 0 aromatic heterocycles. The molecule has 0 atom stereocenters. The zero-order valence-corrected chi connectivity index (χ0v) is 7.83. The van der Waals surface area contributed by atoms with E-state index >= 15 is 0 Å². The van der Waals surface area contributed by atoms with Crippen molar-refractivity contribution in [2.75, 3.05) is 0 Å². The highest BCUT2D eigenvalue weighted by Gasteiger charge is 1.88. The number of aliphatic carboxylic acids is 1. The largest absolute Gasteiger partial charge is 0.478 e. The minimum absolute atomic E-state index is 0. The van der Waals surface area contributed by atoms with E-state index in [4.69, 9.17) is 5.11 Å². The van der Waals surface area contributed by atoms with Gasteiger partial charge in [-0.1, -0.05) is 30.0 Å². The Morgan fingerprint density at radius 2 is 1.92 bits per heavy atom. The summed E-state index contributed by atoms with van der Waals surface area (Å²) in [5.41, 5.74) is 0. The van der Waals surface area contributed by atoms with Gasteiger partial charge in [-0.15, -0.1) is 0 Å². The van der Waals surface area contributed by atoms with Crippen molar-refractivity contribution in [1.29, 1.82) is 0 Å². The summed E-state index contributed by atoms with van der Waals surface area (Å²) in [7, 11) is 0. The number of carboxylic acid groups (broad SMARTS) is 1. The average Bonchev–Trinajstić information content (AvgIpc) is 2.05. The Bertz CT molecular complexity index is 285. The van der Waals surface area contributed by atoms with Crippen LogP contribution in [0.25, 0.3) is 0 Å². The summed E-state index contributed by atoms with van der Waals surface area (Å²) < 4.78 is 0. The molecule has 70 valence electrons. The fourth-order valence-electron chi connectivity index (χ4n) is 0.670. The maximum Gasteiger partial charge on any atom is 0.328 e. The summed E-state index contributed by atoms with van der Waals surface area (Å²) in [6, 6.07) is 9.60. The van der Waals surface area contributed by atoms with Crippen molar-refractivity contribution in [3.8, 4) is 0 Å². The second-order valence-corrected chi connectivity index (χ2v) is 3.05. The average molecular weight is 197 g/mol. The van der Waals surface area contributed by atoms with Crippen molar-refractivity contribution in [2.24, 2.45) is 0 Å². The van der Waals surface area contributed by atoms with Crippen LogP contribution in [0.5, 0.6) is 0 Å². The first-order chi connectivity index (χ1) is 5.79. The highest BCUT2D eigenvalue weighted by Crippen LogP contribution is 2.17. The summed E-state index contributed by atoms with van der Waals surface area (Å²) in [5, 5.41) is 9.84. The van der Waals surface area contributed by atoms with Gasteiger partial charge in [0.1, 0.15) is 0 Å². The summed E-state index contributed by atoms with van der Waals surface area (Å²) in [5.74, 6) is -0.918. The molecule has 0 radical (unpaired) electrons. The number of thioether (sulfide) groups is 1. The SMILES string of the molecule is N.O=C(O)/C=C/Sc1ccccc1. The van der Waals surface area contributed by atoms with E-state index in [0.29, 0.717) is 0 Å². The first kappa shape index (κ1) is 11.7. The monoisotopic (exact) mass is 197 g/mol. The summed E-state index contributed by atoms with van der Waals surface area (Å²) >= 11 is 1.39. The third-order valence-corrected chi connectivity index (χ3v) is 1.97. The van der Waals surface area contributed by atoms with Crippen LogP contribution in [0, 0.1) is 0 Å². The molecule has 4 N–H and O–H groups in total. The van der Waals surface area contributed by atoms with Crippen LogP contribution in [0.4, 0.5) is 0 Å². The lowest BCUT2D eigenvalue weighted by Crippen LogP contribution is -1.84. The second-order valence-electron chi connectivity index (χ2n) is 2.07. The molecule has 0 aliphatic rings. The molecule has 0 saturated heterocycles. The van der Waals surface area contributed by atoms with Gasteiger partial charge < -0.3 is 11.3 Å². The summed E-state index contributed by atoms with van der Waals surface area (Å²) in [6.07, 6.45) is 1.12. The smallest absolute Gasteiger partial charge is 0.328 e. The van der Waals surface area contributed by atoms with Crippen LogP contribution < -0.4 is 6.15 Å². The molecule has 0 spiro atoms. The number of carboxylic acids is 1. The van der Waals surface area contributed by atoms with Crippen LogP contribution in [0.1, 0.15) is 0 Å². The first-order valence-corrected chi connectivity index (χ1v) is 4.28. The van der Waals surface area contributed by atoms with Crippen LogP contribution in [-0.2, 0) is 4.79 Å². The number of hydrogen-bond donors (Lipinski definition) is 2.